The molecule has 0 saturated heterocycles. The van der Waals surface area contributed by atoms with E-state index in [1.165, 1.54) is 0 Å². The van der Waals surface area contributed by atoms with Gasteiger partial charge in [0.1, 0.15) is 5.54 Å². The molecule has 140 valence electrons. The van der Waals surface area contributed by atoms with Crippen molar-refractivity contribution in [2.45, 2.75) is 32.7 Å². The predicted octanol–water partition coefficient (Wildman–Crippen LogP) is 3.49. The van der Waals surface area contributed by atoms with Gasteiger partial charge < -0.3 is 10.1 Å². The zero-order valence-corrected chi connectivity index (χ0v) is 15.9. The van der Waals surface area contributed by atoms with Gasteiger partial charge in [-0.25, -0.2) is 4.79 Å². The van der Waals surface area contributed by atoms with Crippen molar-refractivity contribution in [3.05, 3.63) is 71.3 Å². The van der Waals surface area contributed by atoms with Crippen molar-refractivity contribution in [1.82, 2.24) is 5.32 Å². The molecule has 1 amide bonds. The summed E-state index contributed by atoms with van der Waals surface area (Å²) in [7, 11) is 0. The van der Waals surface area contributed by atoms with Crippen LogP contribution in [0.2, 0.25) is 0 Å². The first-order chi connectivity index (χ1) is 12.9. The molecule has 0 bridgehead atoms. The van der Waals surface area contributed by atoms with Gasteiger partial charge in [0, 0.05) is 0 Å². The van der Waals surface area contributed by atoms with Crippen molar-refractivity contribution in [2.75, 3.05) is 6.61 Å². The topological polar surface area (TPSA) is 79.2 Å². The maximum absolute atomic E-state index is 12.5. The van der Waals surface area contributed by atoms with Crippen LogP contribution in [0.3, 0.4) is 0 Å². The van der Waals surface area contributed by atoms with Crippen LogP contribution in [0.15, 0.2) is 54.6 Å². The summed E-state index contributed by atoms with van der Waals surface area (Å²) in [5.74, 6) is -1.13. The lowest BCUT2D eigenvalue weighted by Crippen LogP contribution is -2.50. The first kappa shape index (κ1) is 20.2. The van der Waals surface area contributed by atoms with Crippen molar-refractivity contribution in [2.24, 2.45) is 5.92 Å². The molecule has 2 rings (SSSR count). The summed E-state index contributed by atoms with van der Waals surface area (Å²) < 4.78 is 5.18. The molecule has 0 radical (unpaired) electrons. The van der Waals surface area contributed by atoms with E-state index >= 15 is 0 Å². The summed E-state index contributed by atoms with van der Waals surface area (Å²) in [4.78, 5) is 24.6. The van der Waals surface area contributed by atoms with Crippen LogP contribution in [0, 0.1) is 17.2 Å². The minimum Gasteiger partial charge on any atom is -0.452 e. The number of ether oxygens (including phenoxy) is 1. The number of rotatable bonds is 7. The molecular formula is C22H24N2O3. The molecule has 0 spiro atoms. The van der Waals surface area contributed by atoms with Gasteiger partial charge in [-0.3, -0.25) is 4.79 Å². The molecule has 0 aliphatic heterocycles. The van der Waals surface area contributed by atoms with Crippen molar-refractivity contribution in [3.63, 3.8) is 0 Å². The van der Waals surface area contributed by atoms with Crippen LogP contribution in [-0.4, -0.2) is 24.0 Å². The smallest absolute Gasteiger partial charge is 0.338 e. The number of carbonyl (C=O) groups excluding carboxylic acids is 2. The largest absolute Gasteiger partial charge is 0.452 e. The molecule has 0 fully saturated rings. The highest BCUT2D eigenvalue weighted by molar-refractivity contribution is 5.93. The van der Waals surface area contributed by atoms with Gasteiger partial charge >= 0.3 is 5.97 Å². The van der Waals surface area contributed by atoms with Gasteiger partial charge in [0.25, 0.3) is 5.91 Å². The van der Waals surface area contributed by atoms with Gasteiger partial charge in [0.15, 0.2) is 6.61 Å². The van der Waals surface area contributed by atoms with Gasteiger partial charge in [-0.1, -0.05) is 62.4 Å². The molecule has 27 heavy (non-hydrogen) atoms. The number of hydrogen-bond acceptors (Lipinski definition) is 4. The molecule has 0 saturated carbocycles. The molecule has 0 aliphatic rings. The first-order valence-electron chi connectivity index (χ1n) is 8.87. The molecule has 0 aliphatic carbocycles. The zero-order valence-electron chi connectivity index (χ0n) is 15.9. The average molecular weight is 364 g/mol. The molecule has 5 heteroatoms. The fourth-order valence-corrected chi connectivity index (χ4v) is 2.53. The Balaban J connectivity index is 2.02. The van der Waals surface area contributed by atoms with Crippen molar-refractivity contribution < 1.29 is 14.3 Å². The molecule has 2 aromatic carbocycles. The van der Waals surface area contributed by atoms with Crippen LogP contribution in [0.4, 0.5) is 0 Å². The Morgan fingerprint density at radius 3 is 2.37 bits per heavy atom. The van der Waals surface area contributed by atoms with Crippen LogP contribution < -0.4 is 5.32 Å². The highest BCUT2D eigenvalue weighted by Crippen LogP contribution is 2.17. The summed E-state index contributed by atoms with van der Waals surface area (Å²) in [5, 5.41) is 11.9. The number of hydrogen-bond donors (Lipinski definition) is 1. The third-order valence-corrected chi connectivity index (χ3v) is 4.60. The fraction of sp³-hybridized carbons (Fsp3) is 0.318. The molecule has 1 N–H and O–H groups in total. The number of nitrogens with zero attached hydrogens (tertiary/aromatic N) is 1. The molecule has 2 aromatic rings. The maximum Gasteiger partial charge on any atom is 0.338 e. The number of esters is 1. The van der Waals surface area contributed by atoms with E-state index in [1.807, 2.05) is 56.3 Å². The lowest BCUT2D eigenvalue weighted by Gasteiger charge is -2.27. The van der Waals surface area contributed by atoms with E-state index in [-0.39, 0.29) is 5.92 Å². The lowest BCUT2D eigenvalue weighted by molar-refractivity contribution is -0.125. The van der Waals surface area contributed by atoms with E-state index in [2.05, 4.69) is 11.4 Å². The number of amides is 1. The van der Waals surface area contributed by atoms with Crippen LogP contribution in [0.1, 0.15) is 42.3 Å². The second-order valence-corrected chi connectivity index (χ2v) is 6.91. The average Bonchev–Trinajstić information content (AvgIpc) is 2.67. The molecule has 0 unspecified atom stereocenters. The first-order valence-corrected chi connectivity index (χ1v) is 8.87. The van der Waals surface area contributed by atoms with Crippen LogP contribution in [0.25, 0.3) is 0 Å². The van der Waals surface area contributed by atoms with E-state index in [4.69, 9.17) is 4.74 Å². The molecule has 0 heterocycles. The number of nitriles is 1. The van der Waals surface area contributed by atoms with E-state index in [9.17, 15) is 14.9 Å². The Labute approximate surface area is 160 Å². The third kappa shape index (κ3) is 5.42. The minimum atomic E-state index is -1.01. The Bertz CT molecular complexity index is 840. The minimum absolute atomic E-state index is 0.0752. The van der Waals surface area contributed by atoms with E-state index in [0.29, 0.717) is 12.0 Å². The van der Waals surface area contributed by atoms with Gasteiger partial charge in [-0.05, 0) is 36.5 Å². The lowest BCUT2D eigenvalue weighted by atomic mass is 9.90. The summed E-state index contributed by atoms with van der Waals surface area (Å²) >= 11 is 0. The summed E-state index contributed by atoms with van der Waals surface area (Å²) in [6, 6.07) is 19.1. The van der Waals surface area contributed by atoms with E-state index in [1.54, 1.807) is 19.1 Å². The zero-order chi connectivity index (χ0) is 19.9. The van der Waals surface area contributed by atoms with Crippen molar-refractivity contribution in [1.29, 1.82) is 5.26 Å². The SMILES string of the molecule is CC(C)[C@](C)(C#N)NC(=O)COC(=O)c1ccccc1Cc1ccccc1. The third-order valence-electron chi connectivity index (χ3n) is 4.60. The van der Waals surface area contributed by atoms with Gasteiger partial charge in [-0.15, -0.1) is 0 Å². The van der Waals surface area contributed by atoms with E-state index < -0.39 is 24.0 Å². The van der Waals surface area contributed by atoms with Crippen molar-refractivity contribution in [3.8, 4) is 6.07 Å². The van der Waals surface area contributed by atoms with Crippen LogP contribution in [-0.2, 0) is 16.0 Å². The summed E-state index contributed by atoms with van der Waals surface area (Å²) in [6.07, 6.45) is 0.595. The molecule has 0 aromatic heterocycles. The van der Waals surface area contributed by atoms with Gasteiger partial charge in [0.05, 0.1) is 11.6 Å². The van der Waals surface area contributed by atoms with Crippen molar-refractivity contribution >= 4 is 11.9 Å². The Hall–Kier alpha value is -3.13. The van der Waals surface area contributed by atoms with Gasteiger partial charge in [0.2, 0.25) is 0 Å². The Kier molecular flexibility index (Phi) is 6.73. The van der Waals surface area contributed by atoms with Crippen LogP contribution >= 0.6 is 0 Å². The highest BCUT2D eigenvalue weighted by Gasteiger charge is 2.30. The second-order valence-electron chi connectivity index (χ2n) is 6.91. The summed E-state index contributed by atoms with van der Waals surface area (Å²) in [6.45, 7) is 4.90. The fourth-order valence-electron chi connectivity index (χ4n) is 2.53. The quantitative estimate of drug-likeness (QED) is 0.763. The number of nitrogens with one attached hydrogen (secondary N) is 1. The van der Waals surface area contributed by atoms with Gasteiger partial charge in [-0.2, -0.15) is 5.26 Å². The van der Waals surface area contributed by atoms with E-state index in [0.717, 1.165) is 11.1 Å². The molecular weight excluding hydrogens is 340 g/mol. The second kappa shape index (κ2) is 9.00. The highest BCUT2D eigenvalue weighted by atomic mass is 16.5. The van der Waals surface area contributed by atoms with Crippen LogP contribution in [0.5, 0.6) is 0 Å². The monoisotopic (exact) mass is 364 g/mol. The Morgan fingerprint density at radius 1 is 1.11 bits per heavy atom. The Morgan fingerprint density at radius 2 is 1.74 bits per heavy atom. The summed E-state index contributed by atoms with van der Waals surface area (Å²) in [5.41, 5.74) is 1.34. The number of benzene rings is 2. The number of carbonyl (C=O) groups is 2. The molecule has 1 atom stereocenters. The predicted molar refractivity (Wildman–Crippen MR) is 103 cm³/mol. The maximum atomic E-state index is 12.5. The normalized spacial score (nSPS) is 12.7. The standard InChI is InChI=1S/C22H24N2O3/c1-16(2)22(3,15-23)24-20(25)14-27-21(26)19-12-8-7-11-18(19)13-17-9-5-4-6-10-17/h4-12,16H,13-14H2,1-3H3,(H,24,25)/t22-/m0/s1. The molecule has 5 nitrogen and oxygen atoms in total.